The highest BCUT2D eigenvalue weighted by Crippen LogP contribution is 2.33. The van der Waals surface area contributed by atoms with Gasteiger partial charge in [-0.05, 0) is 48.0 Å². The van der Waals surface area contributed by atoms with Crippen LogP contribution in [0.5, 0.6) is 5.75 Å². The van der Waals surface area contributed by atoms with Gasteiger partial charge in [0.25, 0.3) is 0 Å². The van der Waals surface area contributed by atoms with Crippen LogP contribution in [0.4, 0.5) is 0 Å². The van der Waals surface area contributed by atoms with Crippen molar-refractivity contribution in [3.8, 4) is 23.0 Å². The fraction of sp³-hybridized carbons (Fsp3) is 0.100. The number of furan rings is 1. The second-order valence-corrected chi connectivity index (χ2v) is 7.61. The molecule has 2 aromatic heterocycles. The summed E-state index contributed by atoms with van der Waals surface area (Å²) in [6, 6.07) is 17.0. The van der Waals surface area contributed by atoms with E-state index in [2.05, 4.69) is 10.2 Å². The molecule has 2 aromatic carbocycles. The highest BCUT2D eigenvalue weighted by Gasteiger charge is 2.19. The van der Waals surface area contributed by atoms with Gasteiger partial charge in [-0.3, -0.25) is 4.57 Å². The number of rotatable bonds is 6. The van der Waals surface area contributed by atoms with E-state index in [-0.39, 0.29) is 0 Å². The van der Waals surface area contributed by atoms with E-state index >= 15 is 0 Å². The highest BCUT2D eigenvalue weighted by atomic mass is 35.5. The first-order valence-corrected chi connectivity index (χ1v) is 10.1. The molecule has 0 N–H and O–H groups in total. The van der Waals surface area contributed by atoms with E-state index in [9.17, 15) is 0 Å². The van der Waals surface area contributed by atoms with E-state index in [4.69, 9.17) is 32.4 Å². The minimum absolute atomic E-state index is 0.460. The number of thioether (sulfide) groups is 1. The van der Waals surface area contributed by atoms with Crippen LogP contribution in [0, 0.1) is 0 Å². The van der Waals surface area contributed by atoms with Crippen molar-refractivity contribution in [2.24, 2.45) is 0 Å². The highest BCUT2D eigenvalue weighted by molar-refractivity contribution is 7.98. The molecule has 0 aliphatic rings. The molecule has 0 aliphatic heterocycles. The molecule has 0 fully saturated rings. The van der Waals surface area contributed by atoms with Gasteiger partial charge in [0.15, 0.2) is 10.9 Å². The van der Waals surface area contributed by atoms with Crippen LogP contribution in [0.15, 0.2) is 70.4 Å². The Labute approximate surface area is 176 Å². The van der Waals surface area contributed by atoms with Gasteiger partial charge in [0.2, 0.25) is 5.82 Å². The summed E-state index contributed by atoms with van der Waals surface area (Å²) in [5, 5.41) is 10.4. The number of nitrogens with zero attached hydrogens (tertiary/aromatic N) is 3. The van der Waals surface area contributed by atoms with Gasteiger partial charge in [-0.1, -0.05) is 47.1 Å². The molecule has 0 unspecified atom stereocenters. The predicted octanol–water partition coefficient (Wildman–Crippen LogP) is 6.14. The van der Waals surface area contributed by atoms with Crippen molar-refractivity contribution in [3.63, 3.8) is 0 Å². The SMILES string of the molecule is COc1cccc(CSc2nnc(-c3ccco3)n2-c2ccc(Cl)c(Cl)c2)c1. The lowest BCUT2D eigenvalue weighted by atomic mass is 10.2. The molecule has 0 bridgehead atoms. The molecule has 0 amide bonds. The summed E-state index contributed by atoms with van der Waals surface area (Å²) in [5.41, 5.74) is 1.92. The molecule has 28 heavy (non-hydrogen) atoms. The summed E-state index contributed by atoms with van der Waals surface area (Å²) >= 11 is 13.9. The van der Waals surface area contributed by atoms with E-state index in [1.54, 1.807) is 37.3 Å². The molecule has 0 saturated carbocycles. The Morgan fingerprint density at radius 3 is 2.68 bits per heavy atom. The van der Waals surface area contributed by atoms with E-state index in [1.807, 2.05) is 47.0 Å². The lowest BCUT2D eigenvalue weighted by molar-refractivity contribution is 0.414. The molecule has 5 nitrogen and oxygen atoms in total. The Bertz CT molecular complexity index is 1100. The number of hydrogen-bond donors (Lipinski definition) is 0. The van der Waals surface area contributed by atoms with Crippen molar-refractivity contribution in [2.45, 2.75) is 10.9 Å². The molecular formula is C20H15Cl2N3O2S. The Morgan fingerprint density at radius 2 is 1.93 bits per heavy atom. The molecule has 2 heterocycles. The lowest BCUT2D eigenvalue weighted by Gasteiger charge is -2.10. The molecule has 142 valence electrons. The quantitative estimate of drug-likeness (QED) is 0.343. The summed E-state index contributed by atoms with van der Waals surface area (Å²) in [7, 11) is 1.66. The first kappa shape index (κ1) is 18.9. The second kappa shape index (κ2) is 8.31. The maximum Gasteiger partial charge on any atom is 0.205 e. The maximum absolute atomic E-state index is 6.24. The molecule has 8 heteroatoms. The molecule has 0 aliphatic carbocycles. The van der Waals surface area contributed by atoms with Crippen LogP contribution in [0.25, 0.3) is 17.3 Å². The minimum Gasteiger partial charge on any atom is -0.497 e. The standard InChI is InChI=1S/C20H15Cl2N3O2S/c1-26-15-5-2-4-13(10-15)12-28-20-24-23-19(18-6-3-9-27-18)25(20)14-7-8-16(21)17(22)11-14/h2-11H,12H2,1H3. The summed E-state index contributed by atoms with van der Waals surface area (Å²) in [4.78, 5) is 0. The second-order valence-electron chi connectivity index (χ2n) is 5.86. The first-order chi connectivity index (χ1) is 13.7. The van der Waals surface area contributed by atoms with E-state index in [0.717, 1.165) is 17.0 Å². The van der Waals surface area contributed by atoms with Gasteiger partial charge in [-0.25, -0.2) is 0 Å². The van der Waals surface area contributed by atoms with Crippen molar-refractivity contribution in [1.29, 1.82) is 0 Å². The van der Waals surface area contributed by atoms with E-state index in [1.165, 1.54) is 0 Å². The van der Waals surface area contributed by atoms with Crippen LogP contribution < -0.4 is 4.74 Å². The third kappa shape index (κ3) is 3.90. The predicted molar refractivity (Wildman–Crippen MR) is 112 cm³/mol. The average Bonchev–Trinajstić information content (AvgIpc) is 3.38. The van der Waals surface area contributed by atoms with Crippen molar-refractivity contribution < 1.29 is 9.15 Å². The monoisotopic (exact) mass is 431 g/mol. The van der Waals surface area contributed by atoms with Crippen LogP contribution in [-0.2, 0) is 5.75 Å². The van der Waals surface area contributed by atoms with Crippen LogP contribution in [-0.4, -0.2) is 21.9 Å². The average molecular weight is 432 g/mol. The topological polar surface area (TPSA) is 53.1 Å². The number of benzene rings is 2. The number of halogens is 2. The zero-order chi connectivity index (χ0) is 19.5. The number of hydrogen-bond acceptors (Lipinski definition) is 5. The molecule has 4 rings (SSSR count). The third-order valence-electron chi connectivity index (χ3n) is 4.04. The number of methoxy groups -OCH3 is 1. The molecule has 0 spiro atoms. The molecule has 0 radical (unpaired) electrons. The zero-order valence-electron chi connectivity index (χ0n) is 14.8. The lowest BCUT2D eigenvalue weighted by Crippen LogP contribution is -1.99. The van der Waals surface area contributed by atoms with Gasteiger partial charge in [0.05, 0.1) is 29.1 Å². The molecular weight excluding hydrogens is 417 g/mol. The van der Waals surface area contributed by atoms with Crippen LogP contribution >= 0.6 is 35.0 Å². The minimum atomic E-state index is 0.460. The van der Waals surface area contributed by atoms with Crippen LogP contribution in [0.3, 0.4) is 0 Å². The number of aromatic nitrogens is 3. The van der Waals surface area contributed by atoms with Crippen molar-refractivity contribution in [1.82, 2.24) is 14.8 Å². The normalized spacial score (nSPS) is 11.0. The molecule has 4 aromatic rings. The third-order valence-corrected chi connectivity index (χ3v) is 5.78. The maximum atomic E-state index is 6.24. The molecule has 0 atom stereocenters. The Hall–Kier alpha value is -2.41. The van der Waals surface area contributed by atoms with E-state index in [0.29, 0.717) is 32.5 Å². The summed E-state index contributed by atoms with van der Waals surface area (Å²) < 4.78 is 12.7. The largest absolute Gasteiger partial charge is 0.497 e. The van der Waals surface area contributed by atoms with Gasteiger partial charge in [0.1, 0.15) is 5.75 Å². The van der Waals surface area contributed by atoms with Gasteiger partial charge in [-0.2, -0.15) is 0 Å². The van der Waals surface area contributed by atoms with Crippen LogP contribution in [0.2, 0.25) is 10.0 Å². The Morgan fingerprint density at radius 1 is 1.04 bits per heavy atom. The zero-order valence-corrected chi connectivity index (χ0v) is 17.1. The van der Waals surface area contributed by atoms with Crippen LogP contribution in [0.1, 0.15) is 5.56 Å². The van der Waals surface area contributed by atoms with Gasteiger partial charge >= 0.3 is 0 Å². The van der Waals surface area contributed by atoms with Gasteiger partial charge in [-0.15, -0.1) is 10.2 Å². The van der Waals surface area contributed by atoms with Crippen molar-refractivity contribution in [3.05, 3.63) is 76.5 Å². The molecule has 0 saturated heterocycles. The fourth-order valence-corrected chi connectivity index (χ4v) is 3.88. The van der Waals surface area contributed by atoms with Crippen molar-refractivity contribution in [2.75, 3.05) is 7.11 Å². The summed E-state index contributed by atoms with van der Waals surface area (Å²) in [6.07, 6.45) is 1.60. The first-order valence-electron chi connectivity index (χ1n) is 8.36. The number of ether oxygens (including phenoxy) is 1. The fourth-order valence-electron chi connectivity index (χ4n) is 2.70. The Kier molecular flexibility index (Phi) is 5.62. The summed E-state index contributed by atoms with van der Waals surface area (Å²) in [6.45, 7) is 0. The van der Waals surface area contributed by atoms with Gasteiger partial charge < -0.3 is 9.15 Å². The smallest absolute Gasteiger partial charge is 0.205 e. The van der Waals surface area contributed by atoms with E-state index < -0.39 is 0 Å². The van der Waals surface area contributed by atoms with Gasteiger partial charge in [0, 0.05) is 5.75 Å². The Balaban J connectivity index is 1.71. The summed E-state index contributed by atoms with van der Waals surface area (Å²) in [5.74, 6) is 2.73. The van der Waals surface area contributed by atoms with Crippen molar-refractivity contribution >= 4 is 35.0 Å².